The van der Waals surface area contributed by atoms with Gasteiger partial charge in [0, 0.05) is 0 Å². The van der Waals surface area contributed by atoms with E-state index in [1.165, 1.54) is 0 Å². The number of hydrogen-bond acceptors (Lipinski definition) is 3. The molecule has 0 aromatic heterocycles. The first-order valence-corrected chi connectivity index (χ1v) is 4.18. The van der Waals surface area contributed by atoms with E-state index < -0.39 is 41.4 Å². The Balaban J connectivity index is 3.62. The number of anilines is 1. The van der Waals surface area contributed by atoms with Crippen molar-refractivity contribution in [2.75, 3.05) is 5.73 Å². The van der Waals surface area contributed by atoms with Gasteiger partial charge in [-0.15, -0.1) is 0 Å². The van der Waals surface area contributed by atoms with Crippen molar-refractivity contribution in [1.29, 1.82) is 0 Å². The molecule has 0 bridgehead atoms. The second kappa shape index (κ2) is 3.95. The summed E-state index contributed by atoms with van der Waals surface area (Å²) < 4.78 is 50.8. The maximum Gasteiger partial charge on any atom is 0.489 e. The van der Waals surface area contributed by atoms with Crippen LogP contribution in [0.1, 0.15) is 11.1 Å². The molecule has 3 nitrogen and oxygen atoms in total. The van der Waals surface area contributed by atoms with Gasteiger partial charge in [-0.05, 0) is 24.0 Å². The van der Waals surface area contributed by atoms with E-state index in [0.717, 1.165) is 6.92 Å². The fourth-order valence-electron chi connectivity index (χ4n) is 1.43. The summed E-state index contributed by atoms with van der Waals surface area (Å²) in [7, 11) is -2.36. The van der Waals surface area contributed by atoms with Gasteiger partial charge in [0.2, 0.25) is 0 Å². The van der Waals surface area contributed by atoms with Crippen molar-refractivity contribution >= 4 is 18.3 Å². The molecular weight excluding hydrogens is 229 g/mol. The Morgan fingerprint density at radius 3 is 2.19 bits per heavy atom. The highest BCUT2D eigenvalue weighted by Crippen LogP contribution is 2.33. The zero-order valence-corrected chi connectivity index (χ0v) is 8.14. The predicted molar refractivity (Wildman–Crippen MR) is 50.4 cm³/mol. The topological polar surface area (TPSA) is 66.5 Å². The van der Waals surface area contributed by atoms with Gasteiger partial charge in [0.05, 0.1) is 11.3 Å². The number of rotatable bonds is 1. The molecule has 0 spiro atoms. The minimum atomic E-state index is -4.88. The zero-order chi connectivity index (χ0) is 12.7. The van der Waals surface area contributed by atoms with Crippen molar-refractivity contribution in [3.8, 4) is 0 Å². The van der Waals surface area contributed by atoms with E-state index in [1.54, 1.807) is 0 Å². The lowest BCUT2D eigenvalue weighted by molar-refractivity contribution is -0.137. The number of nitrogen functional groups attached to an aromatic ring is 1. The van der Waals surface area contributed by atoms with E-state index in [1.807, 2.05) is 0 Å². The summed E-state index contributed by atoms with van der Waals surface area (Å²) >= 11 is 0. The Bertz CT molecular complexity index is 419. The summed E-state index contributed by atoms with van der Waals surface area (Å²) in [5.74, 6) is -1.21. The Morgan fingerprint density at radius 2 is 1.81 bits per heavy atom. The van der Waals surface area contributed by atoms with Gasteiger partial charge in [0.25, 0.3) is 0 Å². The van der Waals surface area contributed by atoms with E-state index in [-0.39, 0.29) is 0 Å². The first kappa shape index (κ1) is 12.8. The molecule has 0 saturated heterocycles. The second-order valence-corrected chi connectivity index (χ2v) is 3.24. The van der Waals surface area contributed by atoms with Crippen LogP contribution in [0.4, 0.5) is 23.2 Å². The Hall–Kier alpha value is -1.28. The molecule has 0 fully saturated rings. The van der Waals surface area contributed by atoms with Crippen LogP contribution in [0.2, 0.25) is 0 Å². The van der Waals surface area contributed by atoms with Crippen LogP contribution in [0.5, 0.6) is 0 Å². The summed E-state index contributed by atoms with van der Waals surface area (Å²) in [6.45, 7) is 0.875. The highest BCUT2D eigenvalue weighted by Gasteiger charge is 2.39. The van der Waals surface area contributed by atoms with Crippen molar-refractivity contribution in [1.82, 2.24) is 0 Å². The maximum atomic E-state index is 13.2. The minimum Gasteiger partial charge on any atom is -0.423 e. The third-order valence-electron chi connectivity index (χ3n) is 2.12. The van der Waals surface area contributed by atoms with Crippen molar-refractivity contribution in [3.63, 3.8) is 0 Å². The Morgan fingerprint density at radius 1 is 1.31 bits per heavy atom. The molecule has 4 N–H and O–H groups in total. The van der Waals surface area contributed by atoms with Crippen LogP contribution in [0, 0.1) is 12.7 Å². The highest BCUT2D eigenvalue weighted by atomic mass is 19.4. The normalized spacial score (nSPS) is 11.7. The molecule has 0 unspecified atom stereocenters. The van der Waals surface area contributed by atoms with Crippen molar-refractivity contribution in [2.24, 2.45) is 0 Å². The van der Waals surface area contributed by atoms with Gasteiger partial charge >= 0.3 is 13.3 Å². The molecule has 1 aromatic rings. The van der Waals surface area contributed by atoms with Gasteiger partial charge in [0.15, 0.2) is 0 Å². The number of hydrogen-bond donors (Lipinski definition) is 3. The molecule has 16 heavy (non-hydrogen) atoms. The van der Waals surface area contributed by atoms with Gasteiger partial charge in [-0.1, -0.05) is 0 Å². The molecule has 0 aliphatic rings. The number of halogens is 4. The molecule has 0 amide bonds. The summed E-state index contributed by atoms with van der Waals surface area (Å²) in [6, 6.07) is 0.565. The van der Waals surface area contributed by atoms with E-state index in [9.17, 15) is 17.6 Å². The van der Waals surface area contributed by atoms with Crippen LogP contribution in [0.3, 0.4) is 0 Å². The van der Waals surface area contributed by atoms with Gasteiger partial charge in [-0.25, -0.2) is 4.39 Å². The average Bonchev–Trinajstić information content (AvgIpc) is 2.10. The van der Waals surface area contributed by atoms with Gasteiger partial charge in [0.1, 0.15) is 5.82 Å². The molecule has 1 rings (SSSR count). The lowest BCUT2D eigenvalue weighted by atomic mass is 9.75. The van der Waals surface area contributed by atoms with Crippen LogP contribution in [-0.4, -0.2) is 17.2 Å². The molecule has 0 radical (unpaired) electrons. The fraction of sp³-hybridized carbons (Fsp3) is 0.250. The Labute approximate surface area is 88.6 Å². The van der Waals surface area contributed by atoms with Crippen LogP contribution in [0.15, 0.2) is 6.07 Å². The molecule has 88 valence electrons. The third-order valence-corrected chi connectivity index (χ3v) is 2.12. The van der Waals surface area contributed by atoms with E-state index >= 15 is 0 Å². The molecule has 8 heteroatoms. The van der Waals surface area contributed by atoms with Crippen LogP contribution in [0.25, 0.3) is 0 Å². The summed E-state index contributed by atoms with van der Waals surface area (Å²) in [4.78, 5) is 0. The summed E-state index contributed by atoms with van der Waals surface area (Å²) in [5.41, 5.74) is 1.53. The summed E-state index contributed by atoms with van der Waals surface area (Å²) in [5, 5.41) is 17.6. The van der Waals surface area contributed by atoms with E-state index in [0.29, 0.717) is 6.07 Å². The fourth-order valence-corrected chi connectivity index (χ4v) is 1.43. The monoisotopic (exact) mass is 237 g/mol. The summed E-state index contributed by atoms with van der Waals surface area (Å²) in [6.07, 6.45) is -4.88. The number of benzene rings is 1. The molecule has 0 saturated carbocycles. The number of alkyl halides is 3. The van der Waals surface area contributed by atoms with Crippen LogP contribution >= 0.6 is 0 Å². The SMILES string of the molecule is Cc1c(F)c(N)cc(B(O)O)c1C(F)(F)F. The van der Waals surface area contributed by atoms with Crippen molar-refractivity contribution < 1.29 is 27.6 Å². The molecule has 0 aliphatic carbocycles. The number of nitrogens with two attached hydrogens (primary N) is 1. The van der Waals surface area contributed by atoms with Crippen molar-refractivity contribution in [2.45, 2.75) is 13.1 Å². The predicted octanol–water partition coefficient (Wildman–Crippen LogP) is 0.415. The maximum absolute atomic E-state index is 13.2. The zero-order valence-electron chi connectivity index (χ0n) is 8.14. The smallest absolute Gasteiger partial charge is 0.423 e. The van der Waals surface area contributed by atoms with Crippen LogP contribution in [-0.2, 0) is 6.18 Å². The molecule has 0 atom stereocenters. The molecular formula is C8H8BF4NO2. The van der Waals surface area contributed by atoms with Crippen LogP contribution < -0.4 is 11.2 Å². The lowest BCUT2D eigenvalue weighted by Gasteiger charge is -2.17. The van der Waals surface area contributed by atoms with Gasteiger partial charge in [-0.2, -0.15) is 13.2 Å². The van der Waals surface area contributed by atoms with Gasteiger partial charge < -0.3 is 15.8 Å². The van der Waals surface area contributed by atoms with Crippen molar-refractivity contribution in [3.05, 3.63) is 23.0 Å². The quantitative estimate of drug-likeness (QED) is 0.376. The van der Waals surface area contributed by atoms with E-state index in [2.05, 4.69) is 0 Å². The first-order valence-electron chi connectivity index (χ1n) is 4.18. The third kappa shape index (κ3) is 2.12. The molecule has 0 heterocycles. The second-order valence-electron chi connectivity index (χ2n) is 3.24. The average molecular weight is 237 g/mol. The highest BCUT2D eigenvalue weighted by molar-refractivity contribution is 6.59. The first-order chi connectivity index (χ1) is 7.16. The molecule has 0 aliphatic heterocycles. The van der Waals surface area contributed by atoms with Gasteiger partial charge in [-0.3, -0.25) is 0 Å². The minimum absolute atomic E-state index is 0.561. The largest absolute Gasteiger partial charge is 0.489 e. The molecule has 1 aromatic carbocycles. The standard InChI is InChI=1S/C8H8BF4NO2/c1-3-6(8(11,12)13)4(9(15)16)2-5(14)7(3)10/h2,15-16H,14H2,1H3. The van der Waals surface area contributed by atoms with E-state index in [4.69, 9.17) is 15.8 Å². The lowest BCUT2D eigenvalue weighted by Crippen LogP contribution is -2.37. The Kier molecular flexibility index (Phi) is 3.16.